The van der Waals surface area contributed by atoms with E-state index in [-0.39, 0.29) is 0 Å². The molecule has 2 saturated heterocycles. The highest BCUT2D eigenvalue weighted by Crippen LogP contribution is 2.18. The first-order valence-corrected chi connectivity index (χ1v) is 10.4. The maximum absolute atomic E-state index is 5.44. The molecule has 2 aromatic rings. The number of hydrogen-bond donors (Lipinski definition) is 0. The van der Waals surface area contributed by atoms with Crippen molar-refractivity contribution in [3.8, 4) is 0 Å². The summed E-state index contributed by atoms with van der Waals surface area (Å²) in [7, 11) is 0. The minimum Gasteiger partial charge on any atom is -0.378 e. The van der Waals surface area contributed by atoms with E-state index >= 15 is 0 Å². The number of morpholine rings is 1. The fourth-order valence-electron chi connectivity index (χ4n) is 3.57. The molecule has 0 amide bonds. The molecule has 0 spiro atoms. The van der Waals surface area contributed by atoms with Crippen molar-refractivity contribution >= 4 is 27.7 Å². The number of piperazine rings is 1. The molecule has 6 nitrogen and oxygen atoms in total. The van der Waals surface area contributed by atoms with Gasteiger partial charge in [0.2, 0.25) is 5.95 Å². The molecule has 0 N–H and O–H groups in total. The van der Waals surface area contributed by atoms with Crippen molar-refractivity contribution in [1.29, 1.82) is 0 Å². The third-order valence-corrected chi connectivity index (χ3v) is 5.78. The summed E-state index contributed by atoms with van der Waals surface area (Å²) >= 11 is 3.50. The normalized spacial score (nSPS) is 18.7. The van der Waals surface area contributed by atoms with Gasteiger partial charge in [0.05, 0.1) is 13.2 Å². The van der Waals surface area contributed by atoms with Gasteiger partial charge in [0, 0.05) is 56.5 Å². The summed E-state index contributed by atoms with van der Waals surface area (Å²) in [6, 6.07) is 10.6. The molecule has 0 radical (unpaired) electrons. The number of benzene rings is 1. The van der Waals surface area contributed by atoms with Crippen LogP contribution in [0.4, 0.5) is 11.8 Å². The van der Waals surface area contributed by atoms with Gasteiger partial charge in [0.1, 0.15) is 5.82 Å². The van der Waals surface area contributed by atoms with Gasteiger partial charge in [-0.05, 0) is 30.2 Å². The van der Waals surface area contributed by atoms with Gasteiger partial charge in [-0.2, -0.15) is 4.98 Å². The highest BCUT2D eigenvalue weighted by Gasteiger charge is 2.20. The van der Waals surface area contributed by atoms with Crippen molar-refractivity contribution in [3.63, 3.8) is 0 Å². The van der Waals surface area contributed by atoms with E-state index in [0.717, 1.165) is 81.7 Å². The molecule has 2 aliphatic heterocycles. The molecule has 0 atom stereocenters. The average molecular weight is 432 g/mol. The molecule has 0 saturated carbocycles. The van der Waals surface area contributed by atoms with Crippen LogP contribution in [0, 0.1) is 0 Å². The van der Waals surface area contributed by atoms with Crippen LogP contribution in [0.25, 0.3) is 0 Å². The van der Waals surface area contributed by atoms with Crippen LogP contribution in [-0.2, 0) is 11.2 Å². The molecular formula is C20H26BrN5O. The monoisotopic (exact) mass is 431 g/mol. The maximum Gasteiger partial charge on any atom is 0.227 e. The minimum atomic E-state index is 0.774. The molecular weight excluding hydrogens is 406 g/mol. The van der Waals surface area contributed by atoms with E-state index in [1.807, 2.05) is 12.3 Å². The molecule has 144 valence electrons. The molecule has 0 aliphatic carbocycles. The van der Waals surface area contributed by atoms with Crippen molar-refractivity contribution in [3.05, 3.63) is 46.6 Å². The summed E-state index contributed by atoms with van der Waals surface area (Å²) in [4.78, 5) is 16.4. The van der Waals surface area contributed by atoms with Crippen LogP contribution >= 0.6 is 15.9 Å². The second-order valence-electron chi connectivity index (χ2n) is 7.02. The van der Waals surface area contributed by atoms with Gasteiger partial charge < -0.3 is 14.5 Å². The molecule has 7 heteroatoms. The van der Waals surface area contributed by atoms with Crippen molar-refractivity contribution in [2.24, 2.45) is 0 Å². The maximum atomic E-state index is 5.44. The average Bonchev–Trinajstić information content (AvgIpc) is 2.74. The van der Waals surface area contributed by atoms with Crippen LogP contribution in [-0.4, -0.2) is 73.9 Å². The molecule has 1 aromatic carbocycles. The molecule has 3 heterocycles. The molecule has 1 aromatic heterocycles. The summed E-state index contributed by atoms with van der Waals surface area (Å²) in [6.45, 7) is 8.53. The fourth-order valence-corrected chi connectivity index (χ4v) is 3.83. The second kappa shape index (κ2) is 8.99. The van der Waals surface area contributed by atoms with Crippen molar-refractivity contribution in [2.45, 2.75) is 6.42 Å². The highest BCUT2D eigenvalue weighted by molar-refractivity contribution is 9.10. The lowest BCUT2D eigenvalue weighted by molar-refractivity contribution is 0.122. The standard InChI is InChI=1S/C20H26BrN5O/c21-18-3-1-17(2-4-18)6-8-24-9-11-26(12-10-24)20-22-7-5-19(23-20)25-13-15-27-16-14-25/h1-5,7H,6,8-16H2. The lowest BCUT2D eigenvalue weighted by Crippen LogP contribution is -2.47. The first-order chi connectivity index (χ1) is 13.3. The molecule has 2 fully saturated rings. The zero-order valence-electron chi connectivity index (χ0n) is 15.6. The summed E-state index contributed by atoms with van der Waals surface area (Å²) in [5.41, 5.74) is 1.39. The Hall–Kier alpha value is -1.70. The zero-order chi connectivity index (χ0) is 18.5. The first-order valence-electron chi connectivity index (χ1n) is 9.65. The largest absolute Gasteiger partial charge is 0.378 e. The molecule has 0 unspecified atom stereocenters. The Balaban J connectivity index is 1.29. The van der Waals surface area contributed by atoms with E-state index in [0.29, 0.717) is 0 Å². The van der Waals surface area contributed by atoms with Crippen molar-refractivity contribution < 1.29 is 4.74 Å². The van der Waals surface area contributed by atoms with E-state index in [1.54, 1.807) is 0 Å². The smallest absolute Gasteiger partial charge is 0.227 e. The van der Waals surface area contributed by atoms with Gasteiger partial charge >= 0.3 is 0 Å². The highest BCUT2D eigenvalue weighted by atomic mass is 79.9. The van der Waals surface area contributed by atoms with E-state index < -0.39 is 0 Å². The Labute approximate surface area is 169 Å². The second-order valence-corrected chi connectivity index (χ2v) is 7.94. The van der Waals surface area contributed by atoms with Crippen LogP contribution in [0.1, 0.15) is 5.56 Å². The van der Waals surface area contributed by atoms with Crippen molar-refractivity contribution in [1.82, 2.24) is 14.9 Å². The van der Waals surface area contributed by atoms with Gasteiger partial charge in [-0.15, -0.1) is 0 Å². The van der Waals surface area contributed by atoms with Crippen molar-refractivity contribution in [2.75, 3.05) is 68.8 Å². The number of nitrogens with zero attached hydrogens (tertiary/aromatic N) is 5. The van der Waals surface area contributed by atoms with Crippen LogP contribution in [0.15, 0.2) is 41.0 Å². The predicted molar refractivity (Wildman–Crippen MR) is 112 cm³/mol. The SMILES string of the molecule is Brc1ccc(CCN2CCN(c3nccc(N4CCOCC4)n3)CC2)cc1. The Morgan fingerprint density at radius 1 is 0.889 bits per heavy atom. The number of hydrogen-bond acceptors (Lipinski definition) is 6. The Bertz CT molecular complexity index is 727. The Kier molecular flexibility index (Phi) is 6.21. The first kappa shape index (κ1) is 18.7. The molecule has 4 rings (SSSR count). The molecule has 0 bridgehead atoms. The van der Waals surface area contributed by atoms with Crippen LogP contribution in [0.5, 0.6) is 0 Å². The summed E-state index contributed by atoms with van der Waals surface area (Å²) < 4.78 is 6.58. The van der Waals surface area contributed by atoms with Gasteiger partial charge in [-0.1, -0.05) is 28.1 Å². The summed E-state index contributed by atoms with van der Waals surface area (Å²) in [6.07, 6.45) is 2.98. The third kappa shape index (κ3) is 4.97. The quantitative estimate of drug-likeness (QED) is 0.724. The van der Waals surface area contributed by atoms with E-state index in [1.165, 1.54) is 5.56 Å². The van der Waals surface area contributed by atoms with E-state index in [9.17, 15) is 0 Å². The molecule has 2 aliphatic rings. The number of anilines is 2. The Morgan fingerprint density at radius 2 is 1.63 bits per heavy atom. The van der Waals surface area contributed by atoms with Crippen LogP contribution in [0.3, 0.4) is 0 Å². The molecule has 27 heavy (non-hydrogen) atoms. The van der Waals surface area contributed by atoms with Gasteiger partial charge in [0.15, 0.2) is 0 Å². The van der Waals surface area contributed by atoms with E-state index in [2.05, 4.69) is 59.9 Å². The van der Waals surface area contributed by atoms with Gasteiger partial charge in [0.25, 0.3) is 0 Å². The zero-order valence-corrected chi connectivity index (χ0v) is 17.1. The van der Waals surface area contributed by atoms with Gasteiger partial charge in [-0.3, -0.25) is 4.90 Å². The topological polar surface area (TPSA) is 44.7 Å². The fraction of sp³-hybridized carbons (Fsp3) is 0.500. The van der Waals surface area contributed by atoms with Gasteiger partial charge in [-0.25, -0.2) is 4.98 Å². The lowest BCUT2D eigenvalue weighted by atomic mass is 10.1. The number of ether oxygens (including phenoxy) is 1. The Morgan fingerprint density at radius 3 is 2.37 bits per heavy atom. The van der Waals surface area contributed by atoms with Crippen LogP contribution in [0.2, 0.25) is 0 Å². The number of rotatable bonds is 5. The third-order valence-electron chi connectivity index (χ3n) is 5.25. The minimum absolute atomic E-state index is 0.774. The predicted octanol–water partition coefficient (Wildman–Crippen LogP) is 2.44. The summed E-state index contributed by atoms with van der Waals surface area (Å²) in [5.74, 6) is 1.87. The summed E-state index contributed by atoms with van der Waals surface area (Å²) in [5, 5.41) is 0. The lowest BCUT2D eigenvalue weighted by Gasteiger charge is -2.35. The number of aromatic nitrogens is 2. The van der Waals surface area contributed by atoms with E-state index in [4.69, 9.17) is 9.72 Å². The number of halogens is 1. The van der Waals surface area contributed by atoms with Crippen LogP contribution < -0.4 is 9.80 Å².